The van der Waals surface area contributed by atoms with Gasteiger partial charge in [-0.3, -0.25) is 0 Å². The lowest BCUT2D eigenvalue weighted by atomic mass is 10.4. The van der Waals surface area contributed by atoms with Crippen LogP contribution in [0, 0.1) is 6.92 Å². The van der Waals surface area contributed by atoms with Crippen LogP contribution in [0.4, 0.5) is 6.01 Å². The van der Waals surface area contributed by atoms with Crippen LogP contribution in [0.15, 0.2) is 16.1 Å². The molecule has 0 radical (unpaired) electrons. The fourth-order valence-corrected chi connectivity index (χ4v) is 2.02. The van der Waals surface area contributed by atoms with Crippen molar-refractivity contribution in [2.45, 2.75) is 13.3 Å². The van der Waals surface area contributed by atoms with Crippen molar-refractivity contribution in [1.82, 2.24) is 9.97 Å². The van der Waals surface area contributed by atoms with Crippen molar-refractivity contribution in [1.29, 1.82) is 0 Å². The molecule has 0 aromatic carbocycles. The number of aryl methyl sites for hydroxylation is 1. The van der Waals surface area contributed by atoms with E-state index in [2.05, 4.69) is 15.3 Å². The van der Waals surface area contributed by atoms with E-state index in [-0.39, 0.29) is 11.7 Å². The largest absolute Gasteiger partial charge is 0.476 e. The molecule has 2 aromatic heterocycles. The highest BCUT2D eigenvalue weighted by Crippen LogP contribution is 2.11. The van der Waals surface area contributed by atoms with Gasteiger partial charge in [0.1, 0.15) is 6.26 Å². The molecule has 0 unspecified atom stereocenters. The van der Waals surface area contributed by atoms with E-state index in [0.29, 0.717) is 6.54 Å². The summed E-state index contributed by atoms with van der Waals surface area (Å²) in [5.41, 5.74) is 0.909. The van der Waals surface area contributed by atoms with Crippen LogP contribution in [-0.4, -0.2) is 27.6 Å². The standard InChI is InChI=1S/C10H11N3O3S/c1-6-5-17-8(12-6)2-3-11-10-13-7(4-16-10)9(14)15/h4-5H,2-3H2,1H3,(H,11,13)(H,14,15). The van der Waals surface area contributed by atoms with E-state index < -0.39 is 5.97 Å². The van der Waals surface area contributed by atoms with Gasteiger partial charge in [0.05, 0.1) is 5.01 Å². The number of carbonyl (C=O) groups is 1. The van der Waals surface area contributed by atoms with Gasteiger partial charge in [-0.05, 0) is 6.92 Å². The van der Waals surface area contributed by atoms with Gasteiger partial charge in [-0.2, -0.15) is 4.98 Å². The number of rotatable bonds is 5. The Balaban J connectivity index is 1.83. The third kappa shape index (κ3) is 3.04. The molecule has 0 bridgehead atoms. The van der Waals surface area contributed by atoms with E-state index in [1.807, 2.05) is 12.3 Å². The smallest absolute Gasteiger partial charge is 0.357 e. The maximum atomic E-state index is 10.6. The van der Waals surface area contributed by atoms with Crippen molar-refractivity contribution >= 4 is 23.3 Å². The Morgan fingerprint density at radius 2 is 2.41 bits per heavy atom. The molecule has 90 valence electrons. The van der Waals surface area contributed by atoms with Gasteiger partial charge in [-0.15, -0.1) is 11.3 Å². The second-order valence-corrected chi connectivity index (χ2v) is 4.35. The van der Waals surface area contributed by atoms with Crippen LogP contribution in [0.25, 0.3) is 0 Å². The zero-order valence-corrected chi connectivity index (χ0v) is 9.95. The van der Waals surface area contributed by atoms with E-state index in [1.54, 1.807) is 11.3 Å². The van der Waals surface area contributed by atoms with Gasteiger partial charge < -0.3 is 14.8 Å². The van der Waals surface area contributed by atoms with Gasteiger partial charge in [0.15, 0.2) is 5.69 Å². The molecule has 0 saturated carbocycles. The number of nitrogens with zero attached hydrogens (tertiary/aromatic N) is 2. The summed E-state index contributed by atoms with van der Waals surface area (Å²) in [6, 6.07) is 0.218. The van der Waals surface area contributed by atoms with Crippen molar-refractivity contribution < 1.29 is 14.3 Å². The molecule has 2 aromatic rings. The van der Waals surface area contributed by atoms with Gasteiger partial charge in [-0.1, -0.05) is 0 Å². The number of hydrogen-bond donors (Lipinski definition) is 2. The summed E-state index contributed by atoms with van der Waals surface area (Å²) in [4.78, 5) is 18.6. The van der Waals surface area contributed by atoms with E-state index in [9.17, 15) is 4.79 Å². The average Bonchev–Trinajstić information content (AvgIpc) is 2.88. The van der Waals surface area contributed by atoms with Crippen LogP contribution in [-0.2, 0) is 6.42 Å². The number of aromatic carboxylic acids is 1. The van der Waals surface area contributed by atoms with Crippen molar-refractivity contribution in [2.75, 3.05) is 11.9 Å². The number of carboxylic acid groups (broad SMARTS) is 1. The van der Waals surface area contributed by atoms with Crippen molar-refractivity contribution in [3.63, 3.8) is 0 Å². The topological polar surface area (TPSA) is 88.2 Å². The second-order valence-electron chi connectivity index (χ2n) is 3.40. The Morgan fingerprint density at radius 3 is 3.00 bits per heavy atom. The first kappa shape index (κ1) is 11.6. The fraction of sp³-hybridized carbons (Fsp3) is 0.300. The Hall–Kier alpha value is -1.89. The number of oxazole rings is 1. The zero-order valence-electron chi connectivity index (χ0n) is 9.14. The Labute approximate surface area is 101 Å². The number of carboxylic acids is 1. The normalized spacial score (nSPS) is 10.4. The first-order valence-electron chi connectivity index (χ1n) is 4.99. The van der Waals surface area contributed by atoms with Crippen LogP contribution in [0.3, 0.4) is 0 Å². The molecule has 17 heavy (non-hydrogen) atoms. The van der Waals surface area contributed by atoms with Gasteiger partial charge in [0.2, 0.25) is 0 Å². The molecule has 2 rings (SSSR count). The van der Waals surface area contributed by atoms with E-state index in [4.69, 9.17) is 9.52 Å². The summed E-state index contributed by atoms with van der Waals surface area (Å²) in [6.45, 7) is 2.55. The lowest BCUT2D eigenvalue weighted by Crippen LogP contribution is -2.05. The maximum absolute atomic E-state index is 10.6. The van der Waals surface area contributed by atoms with Crippen LogP contribution >= 0.6 is 11.3 Å². The zero-order chi connectivity index (χ0) is 12.3. The van der Waals surface area contributed by atoms with Gasteiger partial charge in [-0.25, -0.2) is 9.78 Å². The third-order valence-electron chi connectivity index (χ3n) is 2.00. The van der Waals surface area contributed by atoms with E-state index in [1.165, 1.54) is 0 Å². The molecule has 2 heterocycles. The third-order valence-corrected chi connectivity index (χ3v) is 3.03. The number of nitrogens with one attached hydrogen (secondary N) is 1. The fourth-order valence-electron chi connectivity index (χ4n) is 1.25. The molecular formula is C10H11N3O3S. The molecule has 0 aliphatic heterocycles. The molecule has 0 amide bonds. The number of hydrogen-bond acceptors (Lipinski definition) is 6. The molecule has 7 heteroatoms. The highest BCUT2D eigenvalue weighted by molar-refractivity contribution is 7.09. The minimum atomic E-state index is -1.10. The number of anilines is 1. The Bertz CT molecular complexity index is 520. The Kier molecular flexibility index (Phi) is 3.38. The molecule has 0 atom stereocenters. The van der Waals surface area contributed by atoms with Crippen molar-refractivity contribution in [2.24, 2.45) is 0 Å². The molecule has 0 saturated heterocycles. The molecule has 0 fully saturated rings. The minimum Gasteiger partial charge on any atom is -0.476 e. The molecule has 0 spiro atoms. The lowest BCUT2D eigenvalue weighted by molar-refractivity contribution is 0.0690. The summed E-state index contributed by atoms with van der Waals surface area (Å²) < 4.78 is 4.95. The Morgan fingerprint density at radius 1 is 1.59 bits per heavy atom. The average molecular weight is 253 g/mol. The predicted molar refractivity (Wildman–Crippen MR) is 62.5 cm³/mol. The summed E-state index contributed by atoms with van der Waals surface area (Å²) >= 11 is 1.60. The second kappa shape index (κ2) is 4.96. The monoisotopic (exact) mass is 253 g/mol. The van der Waals surface area contributed by atoms with Crippen LogP contribution in [0.1, 0.15) is 21.2 Å². The first-order chi connectivity index (χ1) is 8.15. The lowest BCUT2D eigenvalue weighted by Gasteiger charge is -1.98. The van der Waals surface area contributed by atoms with E-state index in [0.717, 1.165) is 23.4 Å². The quantitative estimate of drug-likeness (QED) is 0.844. The van der Waals surface area contributed by atoms with Crippen molar-refractivity contribution in [3.8, 4) is 0 Å². The SMILES string of the molecule is Cc1csc(CCNc2nc(C(=O)O)co2)n1. The molecule has 6 nitrogen and oxygen atoms in total. The number of thiazole rings is 1. The summed E-state index contributed by atoms with van der Waals surface area (Å²) in [5, 5.41) is 14.6. The first-order valence-corrected chi connectivity index (χ1v) is 5.87. The summed E-state index contributed by atoms with van der Waals surface area (Å²) in [6.07, 6.45) is 1.86. The predicted octanol–water partition coefficient (Wildman–Crippen LogP) is 1.79. The highest BCUT2D eigenvalue weighted by Gasteiger charge is 2.09. The molecule has 0 aliphatic rings. The van der Waals surface area contributed by atoms with Crippen LogP contribution in [0.5, 0.6) is 0 Å². The number of aromatic nitrogens is 2. The molecule has 0 aliphatic carbocycles. The van der Waals surface area contributed by atoms with Crippen molar-refractivity contribution in [3.05, 3.63) is 28.0 Å². The van der Waals surface area contributed by atoms with Gasteiger partial charge >= 0.3 is 5.97 Å². The van der Waals surface area contributed by atoms with Gasteiger partial charge in [0, 0.05) is 24.0 Å². The van der Waals surface area contributed by atoms with Gasteiger partial charge in [0.25, 0.3) is 6.01 Å². The summed E-state index contributed by atoms with van der Waals surface area (Å²) in [7, 11) is 0. The van der Waals surface area contributed by atoms with Crippen LogP contribution < -0.4 is 5.32 Å². The minimum absolute atomic E-state index is 0.0995. The van der Waals surface area contributed by atoms with E-state index >= 15 is 0 Å². The van der Waals surface area contributed by atoms with Crippen LogP contribution in [0.2, 0.25) is 0 Å². The maximum Gasteiger partial charge on any atom is 0.357 e. The highest BCUT2D eigenvalue weighted by atomic mass is 32.1. The molecule has 2 N–H and O–H groups in total. The molecular weight excluding hydrogens is 242 g/mol. The summed E-state index contributed by atoms with van der Waals surface area (Å²) in [5.74, 6) is -1.10.